The molecule has 2 aromatic carbocycles. The number of halogens is 1. The van der Waals surface area contributed by atoms with Crippen molar-refractivity contribution in [1.29, 1.82) is 0 Å². The molecule has 192 valence electrons. The first kappa shape index (κ1) is 23.9. The van der Waals surface area contributed by atoms with Crippen molar-refractivity contribution in [2.45, 2.75) is 25.4 Å². The fourth-order valence-electron chi connectivity index (χ4n) is 5.56. The van der Waals surface area contributed by atoms with Crippen LogP contribution in [0.25, 0.3) is 0 Å². The zero-order chi connectivity index (χ0) is 25.5. The molecule has 1 aromatic heterocycles. The Bertz CT molecular complexity index is 1340. The van der Waals surface area contributed by atoms with Crippen LogP contribution < -0.4 is 9.47 Å². The van der Waals surface area contributed by atoms with Gasteiger partial charge in [0.15, 0.2) is 11.5 Å². The van der Waals surface area contributed by atoms with Gasteiger partial charge in [-0.25, -0.2) is 4.39 Å². The van der Waals surface area contributed by atoms with Crippen LogP contribution in [0, 0.1) is 5.82 Å². The summed E-state index contributed by atoms with van der Waals surface area (Å²) in [6.45, 7) is 4.52. The highest BCUT2D eigenvalue weighted by molar-refractivity contribution is 7.10. The summed E-state index contributed by atoms with van der Waals surface area (Å²) in [6, 6.07) is 13.7. The van der Waals surface area contributed by atoms with Gasteiger partial charge in [-0.2, -0.15) is 0 Å². The number of thiophene rings is 1. The average Bonchev–Trinajstić information content (AvgIpc) is 3.57. The summed E-state index contributed by atoms with van der Waals surface area (Å²) in [7, 11) is 0. The van der Waals surface area contributed by atoms with Gasteiger partial charge in [-0.15, -0.1) is 11.3 Å². The van der Waals surface area contributed by atoms with E-state index in [2.05, 4.69) is 16.3 Å². The zero-order valence-corrected chi connectivity index (χ0v) is 21.4. The Morgan fingerprint density at radius 2 is 1.92 bits per heavy atom. The normalized spacial score (nSPS) is 21.1. The van der Waals surface area contributed by atoms with Crippen LogP contribution in [-0.4, -0.2) is 72.1 Å². The minimum absolute atomic E-state index is 0.0297. The molecule has 0 unspecified atom stereocenters. The van der Waals surface area contributed by atoms with Crippen LogP contribution in [0.3, 0.4) is 0 Å². The van der Waals surface area contributed by atoms with Crippen molar-refractivity contribution < 1.29 is 23.5 Å². The van der Waals surface area contributed by atoms with E-state index in [-0.39, 0.29) is 43.1 Å². The summed E-state index contributed by atoms with van der Waals surface area (Å²) >= 11 is 1.72. The molecule has 0 bridgehead atoms. The molecular weight excluding hydrogens is 493 g/mol. The Balaban J connectivity index is 1.14. The van der Waals surface area contributed by atoms with E-state index in [0.717, 1.165) is 24.1 Å². The smallest absolute Gasteiger partial charge is 0.254 e. The number of hydrogen-bond acceptors (Lipinski definition) is 6. The first-order valence-corrected chi connectivity index (χ1v) is 13.4. The van der Waals surface area contributed by atoms with Gasteiger partial charge < -0.3 is 19.3 Å². The predicted molar refractivity (Wildman–Crippen MR) is 137 cm³/mol. The number of piperazine rings is 1. The fraction of sp³-hybridized carbons (Fsp3) is 0.357. The Kier molecular flexibility index (Phi) is 6.34. The van der Waals surface area contributed by atoms with Crippen LogP contribution in [0.1, 0.15) is 39.3 Å². The molecule has 3 aliphatic rings. The Morgan fingerprint density at radius 1 is 1.05 bits per heavy atom. The van der Waals surface area contributed by atoms with E-state index >= 15 is 0 Å². The number of fused-ring (bicyclic) bond motifs is 2. The molecule has 7 nitrogen and oxygen atoms in total. The Morgan fingerprint density at radius 3 is 2.76 bits per heavy atom. The highest BCUT2D eigenvalue weighted by Gasteiger charge is 2.35. The molecule has 1 saturated heterocycles. The van der Waals surface area contributed by atoms with E-state index < -0.39 is 0 Å². The van der Waals surface area contributed by atoms with Crippen LogP contribution >= 0.6 is 11.3 Å². The van der Waals surface area contributed by atoms with Crippen LogP contribution in [0.5, 0.6) is 11.5 Å². The maximum absolute atomic E-state index is 14.1. The molecule has 9 heteroatoms. The number of carbonyl (C=O) groups excluding carboxylic acids is 2. The second kappa shape index (κ2) is 9.79. The van der Waals surface area contributed by atoms with Crippen LogP contribution in [0.15, 0.2) is 53.9 Å². The zero-order valence-electron chi connectivity index (χ0n) is 20.6. The molecule has 3 aliphatic heterocycles. The summed E-state index contributed by atoms with van der Waals surface area (Å²) in [6.07, 6.45) is 0.875. The second-order valence-electron chi connectivity index (χ2n) is 9.73. The van der Waals surface area contributed by atoms with E-state index in [0.29, 0.717) is 36.7 Å². The van der Waals surface area contributed by atoms with Crippen LogP contribution in [0.2, 0.25) is 0 Å². The largest absolute Gasteiger partial charge is 0.454 e. The first-order valence-electron chi connectivity index (χ1n) is 12.5. The average molecular weight is 522 g/mol. The monoisotopic (exact) mass is 521 g/mol. The van der Waals surface area contributed by atoms with E-state index in [4.69, 9.17) is 9.47 Å². The lowest BCUT2D eigenvalue weighted by atomic mass is 9.93. The number of benzene rings is 2. The van der Waals surface area contributed by atoms with Crippen LogP contribution in [-0.2, 0) is 11.2 Å². The van der Waals surface area contributed by atoms with Crippen molar-refractivity contribution in [2.24, 2.45) is 0 Å². The van der Waals surface area contributed by atoms with Crippen molar-refractivity contribution in [3.63, 3.8) is 0 Å². The molecule has 1 fully saturated rings. The molecule has 3 aromatic rings. The highest BCUT2D eigenvalue weighted by atomic mass is 32.1. The van der Waals surface area contributed by atoms with Gasteiger partial charge in [0.2, 0.25) is 12.7 Å². The minimum Gasteiger partial charge on any atom is -0.454 e. The molecule has 37 heavy (non-hydrogen) atoms. The number of carbonyl (C=O) groups is 2. The Labute approximate surface area is 219 Å². The SMILES string of the molecule is C[C@H]1CN(C(=O)CN2CCc3sccc3[C@@H]2c2cccc(F)c2)CCN1C(=O)c1ccc2c(c1)OCO2. The lowest BCUT2D eigenvalue weighted by molar-refractivity contribution is -0.135. The second-order valence-corrected chi connectivity index (χ2v) is 10.7. The molecule has 0 saturated carbocycles. The maximum Gasteiger partial charge on any atom is 0.254 e. The quantitative estimate of drug-likeness (QED) is 0.521. The summed E-state index contributed by atoms with van der Waals surface area (Å²) in [5.74, 6) is 0.898. The van der Waals surface area contributed by atoms with E-state index in [1.54, 1.807) is 41.7 Å². The molecule has 6 rings (SSSR count). The van der Waals surface area contributed by atoms with Crippen molar-refractivity contribution in [3.8, 4) is 11.5 Å². The number of rotatable bonds is 4. The van der Waals surface area contributed by atoms with Gasteiger partial charge in [0.05, 0.1) is 12.6 Å². The molecule has 0 N–H and O–H groups in total. The third-order valence-corrected chi connectivity index (χ3v) is 8.43. The van der Waals surface area contributed by atoms with E-state index in [1.165, 1.54) is 10.9 Å². The molecular formula is C28H28FN3O4S. The topological polar surface area (TPSA) is 62.3 Å². The molecule has 2 atom stereocenters. The van der Waals surface area contributed by atoms with E-state index in [1.807, 2.05) is 22.8 Å². The van der Waals surface area contributed by atoms with Crippen molar-refractivity contribution in [3.05, 3.63) is 81.3 Å². The van der Waals surface area contributed by atoms with E-state index in [9.17, 15) is 14.0 Å². The third-order valence-electron chi connectivity index (χ3n) is 7.43. The number of ether oxygens (including phenoxy) is 2. The minimum atomic E-state index is -0.275. The van der Waals surface area contributed by atoms with Gasteiger partial charge >= 0.3 is 0 Å². The molecule has 2 amide bonds. The number of nitrogens with zero attached hydrogens (tertiary/aromatic N) is 3. The fourth-order valence-corrected chi connectivity index (χ4v) is 6.46. The van der Waals surface area contributed by atoms with Crippen molar-refractivity contribution in [2.75, 3.05) is 39.5 Å². The standard InChI is InChI=1S/C28H28FN3O4S/c1-18-15-30(10-11-32(18)28(34)20-5-6-23-24(14-20)36-17-35-23)26(33)16-31-9-7-25-22(8-12-37-25)27(31)19-3-2-4-21(29)13-19/h2-6,8,12-14,18,27H,7,9-11,15-17H2,1H3/t18-,27-/m0/s1. The van der Waals surface area contributed by atoms with Gasteiger partial charge in [0, 0.05) is 42.7 Å². The summed E-state index contributed by atoms with van der Waals surface area (Å²) in [5.41, 5.74) is 2.57. The van der Waals surface area contributed by atoms with Gasteiger partial charge in [0.1, 0.15) is 5.82 Å². The maximum atomic E-state index is 14.1. The lowest BCUT2D eigenvalue weighted by Gasteiger charge is -2.42. The van der Waals surface area contributed by atoms with Gasteiger partial charge in [-0.1, -0.05) is 12.1 Å². The van der Waals surface area contributed by atoms with Gasteiger partial charge in [-0.05, 0) is 66.2 Å². The molecule has 0 spiro atoms. The molecule has 0 radical (unpaired) electrons. The summed E-state index contributed by atoms with van der Waals surface area (Å²) < 4.78 is 24.9. The summed E-state index contributed by atoms with van der Waals surface area (Å²) in [5, 5.41) is 2.07. The molecule has 0 aliphatic carbocycles. The van der Waals surface area contributed by atoms with Crippen molar-refractivity contribution in [1.82, 2.24) is 14.7 Å². The number of hydrogen-bond donors (Lipinski definition) is 0. The lowest BCUT2D eigenvalue weighted by Crippen LogP contribution is -2.57. The third kappa shape index (κ3) is 4.57. The van der Waals surface area contributed by atoms with Crippen LogP contribution in [0.4, 0.5) is 4.39 Å². The molecule has 4 heterocycles. The number of amides is 2. The van der Waals surface area contributed by atoms with Crippen molar-refractivity contribution >= 4 is 23.2 Å². The van der Waals surface area contributed by atoms with Gasteiger partial charge in [-0.3, -0.25) is 14.5 Å². The summed E-state index contributed by atoms with van der Waals surface area (Å²) in [4.78, 5) is 33.8. The highest BCUT2D eigenvalue weighted by Crippen LogP contribution is 2.38. The predicted octanol–water partition coefficient (Wildman–Crippen LogP) is 3.94. The van der Waals surface area contributed by atoms with Gasteiger partial charge in [0.25, 0.3) is 5.91 Å². The Hall–Kier alpha value is -3.43. The first-order chi connectivity index (χ1) is 18.0.